The van der Waals surface area contributed by atoms with E-state index in [9.17, 15) is 0 Å². The van der Waals surface area contributed by atoms with Crippen molar-refractivity contribution in [2.24, 2.45) is 5.92 Å². The highest BCUT2D eigenvalue weighted by molar-refractivity contribution is 6.03. The Kier molecular flexibility index (Phi) is 11.9. The van der Waals surface area contributed by atoms with Gasteiger partial charge in [-0.25, -0.2) is 0 Å². The van der Waals surface area contributed by atoms with Crippen molar-refractivity contribution in [1.29, 1.82) is 0 Å². The highest BCUT2D eigenvalue weighted by atomic mass is 15.2. The van der Waals surface area contributed by atoms with Crippen LogP contribution in [0.25, 0.3) is 34.1 Å². The summed E-state index contributed by atoms with van der Waals surface area (Å²) in [6.07, 6.45) is 15.4. The normalized spacial score (nSPS) is 19.1. The lowest BCUT2D eigenvalue weighted by molar-refractivity contribution is 0.355. The molecule has 8 aromatic carbocycles. The fraction of sp³-hybridized carbons (Fsp3) is 0.246. The van der Waals surface area contributed by atoms with Crippen molar-refractivity contribution in [1.82, 2.24) is 0 Å². The summed E-state index contributed by atoms with van der Waals surface area (Å²) in [5, 5.41) is 5.49. The molecule has 0 radical (unpaired) electrons. The number of allylic oxidation sites excluding steroid dienone is 4. The Morgan fingerprint density at radius 3 is 1.44 bits per heavy atom. The van der Waals surface area contributed by atoms with Gasteiger partial charge in [-0.3, -0.25) is 0 Å². The number of aryl methyl sites for hydroxylation is 5. The van der Waals surface area contributed by atoms with Gasteiger partial charge in [0.05, 0.1) is 0 Å². The van der Waals surface area contributed by atoms with Crippen LogP contribution in [0.4, 0.5) is 28.4 Å². The molecule has 11 rings (SSSR count). The first kappa shape index (κ1) is 46.2. The first-order chi connectivity index (χ1) is 34.4. The number of hydrogen-bond acceptors (Lipinski definition) is 2. The predicted octanol–water partition coefficient (Wildman–Crippen LogP) is 17.3. The summed E-state index contributed by atoms with van der Waals surface area (Å²) in [7, 11) is 0. The van der Waals surface area contributed by atoms with E-state index in [-0.39, 0.29) is 0 Å². The standard InChI is InChI=1S/C69H68N2/c1-10-13-51-24-41-61-50(7)43-65-67(63(61)44-51)66-62-15-12-11-14-60(62)49(6)42-64(66)68(8,52-25-37-58(38-26-52)70(54-29-16-45(2)17-30-54)55-31-18-46(3)19-32-55)69(65,9)53-27-39-59(40-28-53)71(56-33-20-47(4)21-34-56)57-35-22-48(5)23-36-57/h11-12,14-22,25-35,37-44,51H,10,13,23-24,36H2,1-9H3. The Balaban J connectivity index is 1.18. The Labute approximate surface area is 423 Å². The van der Waals surface area contributed by atoms with Gasteiger partial charge in [0.2, 0.25) is 0 Å². The maximum Gasteiger partial charge on any atom is 0.0461 e. The Hall–Kier alpha value is -7.16. The number of rotatable bonds is 10. The number of hydrogen-bond donors (Lipinski definition) is 0. The Bertz CT molecular complexity index is 3470. The van der Waals surface area contributed by atoms with Gasteiger partial charge in [-0.15, -0.1) is 0 Å². The monoisotopic (exact) mass is 925 g/mol. The van der Waals surface area contributed by atoms with Gasteiger partial charge in [0.1, 0.15) is 0 Å². The first-order valence-electron chi connectivity index (χ1n) is 26.1. The highest BCUT2D eigenvalue weighted by Crippen LogP contribution is 2.61. The molecule has 0 spiro atoms. The van der Waals surface area contributed by atoms with Gasteiger partial charge in [-0.05, 0) is 206 Å². The van der Waals surface area contributed by atoms with Gasteiger partial charge in [0, 0.05) is 45.0 Å². The van der Waals surface area contributed by atoms with E-state index in [1.165, 1.54) is 118 Å². The molecule has 3 aliphatic rings. The van der Waals surface area contributed by atoms with E-state index in [2.05, 4.69) is 254 Å². The fourth-order valence-corrected chi connectivity index (χ4v) is 12.6. The lowest BCUT2D eigenvalue weighted by Gasteiger charge is -2.53. The van der Waals surface area contributed by atoms with Gasteiger partial charge in [0.15, 0.2) is 0 Å². The molecule has 3 unspecified atom stereocenters. The molecule has 71 heavy (non-hydrogen) atoms. The second-order valence-corrected chi connectivity index (χ2v) is 21.5. The Morgan fingerprint density at radius 2 is 0.944 bits per heavy atom. The third-order valence-electron chi connectivity index (χ3n) is 16.8. The van der Waals surface area contributed by atoms with E-state index in [0.717, 1.165) is 36.3 Å². The molecule has 2 nitrogen and oxygen atoms in total. The molecule has 3 aliphatic carbocycles. The lowest BCUT2D eigenvalue weighted by Crippen LogP contribution is -2.52. The van der Waals surface area contributed by atoms with Crippen LogP contribution in [-0.4, -0.2) is 0 Å². The number of fused-ring (bicyclic) bond motifs is 7. The van der Waals surface area contributed by atoms with Crippen molar-refractivity contribution in [2.75, 3.05) is 9.80 Å². The SMILES string of the molecule is CCCC1C=c2c3c(cc(C)c2=CC1)C(C)(c1ccc(N(C2=CC=C(C)CC2)c2ccc(C)cc2)cc1)C(C)(c1ccc(N(c2ccc(C)cc2)c2ccc(C)cc2)cc1)c1cc(C)c2ccccc2c1-3. The van der Waals surface area contributed by atoms with Crippen molar-refractivity contribution >= 4 is 51.4 Å². The van der Waals surface area contributed by atoms with Gasteiger partial charge >= 0.3 is 0 Å². The van der Waals surface area contributed by atoms with E-state index < -0.39 is 10.8 Å². The second-order valence-electron chi connectivity index (χ2n) is 21.5. The molecule has 0 amide bonds. The molecule has 3 atom stereocenters. The predicted molar refractivity (Wildman–Crippen MR) is 304 cm³/mol. The number of benzene rings is 8. The zero-order valence-electron chi connectivity index (χ0n) is 43.3. The van der Waals surface area contributed by atoms with Gasteiger partial charge in [0.25, 0.3) is 0 Å². The van der Waals surface area contributed by atoms with Crippen LogP contribution in [0.5, 0.6) is 0 Å². The van der Waals surface area contributed by atoms with E-state index in [4.69, 9.17) is 0 Å². The molecular weight excluding hydrogens is 857 g/mol. The maximum atomic E-state index is 2.67. The molecular formula is C69H68N2. The summed E-state index contributed by atoms with van der Waals surface area (Å²) >= 11 is 0. The molecule has 0 N–H and O–H groups in total. The van der Waals surface area contributed by atoms with Crippen LogP contribution in [-0.2, 0) is 10.8 Å². The number of anilines is 5. The summed E-state index contributed by atoms with van der Waals surface area (Å²) in [4.78, 5) is 4.89. The van der Waals surface area contributed by atoms with Crippen LogP contribution >= 0.6 is 0 Å². The van der Waals surface area contributed by atoms with Gasteiger partial charge in [-0.2, -0.15) is 0 Å². The van der Waals surface area contributed by atoms with Crippen LogP contribution < -0.4 is 20.2 Å². The average Bonchev–Trinajstić information content (AvgIpc) is 3.38. The van der Waals surface area contributed by atoms with Crippen LogP contribution in [0.15, 0.2) is 181 Å². The fourth-order valence-electron chi connectivity index (χ4n) is 12.6. The van der Waals surface area contributed by atoms with Crippen molar-refractivity contribution in [3.05, 3.63) is 242 Å². The molecule has 0 saturated carbocycles. The van der Waals surface area contributed by atoms with Gasteiger partial charge < -0.3 is 9.80 Å². The van der Waals surface area contributed by atoms with Gasteiger partial charge in [-0.1, -0.05) is 165 Å². The topological polar surface area (TPSA) is 6.48 Å². The third kappa shape index (κ3) is 7.79. The zero-order chi connectivity index (χ0) is 49.2. The molecule has 0 fully saturated rings. The summed E-state index contributed by atoms with van der Waals surface area (Å²) in [6, 6.07) is 60.6. The molecule has 0 bridgehead atoms. The lowest BCUT2D eigenvalue weighted by atomic mass is 9.48. The summed E-state index contributed by atoms with van der Waals surface area (Å²) < 4.78 is 0. The minimum Gasteiger partial charge on any atom is -0.314 e. The highest BCUT2D eigenvalue weighted by Gasteiger charge is 2.55. The Morgan fingerprint density at radius 1 is 0.479 bits per heavy atom. The molecule has 0 aromatic heterocycles. The third-order valence-corrected chi connectivity index (χ3v) is 16.8. The quantitative estimate of drug-likeness (QED) is 0.135. The minimum atomic E-state index is -0.518. The van der Waals surface area contributed by atoms with Crippen LogP contribution in [0.1, 0.15) is 110 Å². The van der Waals surface area contributed by atoms with Crippen molar-refractivity contribution in [2.45, 2.75) is 105 Å². The van der Waals surface area contributed by atoms with Crippen LogP contribution in [0.3, 0.4) is 0 Å². The van der Waals surface area contributed by atoms with Crippen molar-refractivity contribution in [3.63, 3.8) is 0 Å². The number of nitrogens with zero attached hydrogens (tertiary/aromatic N) is 2. The summed E-state index contributed by atoms with van der Waals surface area (Å²) in [5.74, 6) is 0.510. The van der Waals surface area contributed by atoms with E-state index >= 15 is 0 Å². The van der Waals surface area contributed by atoms with E-state index in [1.807, 2.05) is 0 Å². The second kappa shape index (κ2) is 18.2. The van der Waals surface area contributed by atoms with E-state index in [0.29, 0.717) is 5.92 Å². The maximum absolute atomic E-state index is 2.67. The van der Waals surface area contributed by atoms with Crippen LogP contribution in [0.2, 0.25) is 0 Å². The molecule has 0 saturated heterocycles. The summed E-state index contributed by atoms with van der Waals surface area (Å²) in [5.41, 5.74) is 22.2. The van der Waals surface area contributed by atoms with Crippen LogP contribution in [0, 0.1) is 40.5 Å². The molecule has 8 aromatic rings. The van der Waals surface area contributed by atoms with E-state index in [1.54, 1.807) is 0 Å². The smallest absolute Gasteiger partial charge is 0.0461 e. The summed E-state index contributed by atoms with van der Waals surface area (Å²) in [6.45, 7) is 20.9. The molecule has 354 valence electrons. The van der Waals surface area contributed by atoms with Crippen molar-refractivity contribution < 1.29 is 0 Å². The molecule has 2 heteroatoms. The largest absolute Gasteiger partial charge is 0.314 e. The average molecular weight is 925 g/mol. The zero-order valence-corrected chi connectivity index (χ0v) is 43.3. The minimum absolute atomic E-state index is 0.510. The van der Waals surface area contributed by atoms with Crippen molar-refractivity contribution in [3.8, 4) is 11.1 Å². The first-order valence-corrected chi connectivity index (χ1v) is 26.1. The molecule has 0 aliphatic heterocycles. The molecule has 0 heterocycles.